The topological polar surface area (TPSA) is 26.0 Å². The van der Waals surface area contributed by atoms with Gasteiger partial charge in [0.15, 0.2) is 0 Å². The maximum absolute atomic E-state index is 6.56. The molecule has 0 aromatic heterocycles. The first-order valence-corrected chi connectivity index (χ1v) is 7.57. The summed E-state index contributed by atoms with van der Waals surface area (Å²) in [6, 6.07) is 10.6. The number of hydrogen-bond acceptors (Lipinski definition) is 1. The molecule has 0 radical (unpaired) electrons. The van der Waals surface area contributed by atoms with Crippen LogP contribution in [0.3, 0.4) is 0 Å². The molecule has 1 aromatic carbocycles. The van der Waals surface area contributed by atoms with Gasteiger partial charge in [-0.1, -0.05) is 82.7 Å². The summed E-state index contributed by atoms with van der Waals surface area (Å²) in [5, 5.41) is 0. The van der Waals surface area contributed by atoms with Crippen molar-refractivity contribution in [2.75, 3.05) is 0 Å². The number of hydrogen-bond donors (Lipinski definition) is 1. The zero-order valence-corrected chi connectivity index (χ0v) is 12.1. The average Bonchev–Trinajstić information content (AvgIpc) is 2.43. The van der Waals surface area contributed by atoms with Crippen molar-refractivity contribution >= 4 is 0 Å². The molecule has 0 saturated carbocycles. The van der Waals surface area contributed by atoms with Gasteiger partial charge < -0.3 is 5.73 Å². The molecule has 102 valence electrons. The Bertz CT molecular complexity index is 307. The third-order valence-corrected chi connectivity index (χ3v) is 3.96. The van der Waals surface area contributed by atoms with Crippen LogP contribution in [0.2, 0.25) is 0 Å². The van der Waals surface area contributed by atoms with E-state index in [-0.39, 0.29) is 5.54 Å². The molecule has 1 heteroatoms. The predicted molar refractivity (Wildman–Crippen MR) is 80.6 cm³/mol. The molecule has 0 aliphatic rings. The molecule has 0 spiro atoms. The van der Waals surface area contributed by atoms with Crippen LogP contribution in [0, 0.1) is 0 Å². The zero-order chi connectivity index (χ0) is 13.3. The van der Waals surface area contributed by atoms with Gasteiger partial charge in [0, 0.05) is 5.54 Å². The highest BCUT2D eigenvalue weighted by Crippen LogP contribution is 2.28. The van der Waals surface area contributed by atoms with E-state index in [1.807, 2.05) is 0 Å². The molecule has 0 fully saturated rings. The Morgan fingerprint density at radius 1 is 0.889 bits per heavy atom. The lowest BCUT2D eigenvalue weighted by molar-refractivity contribution is 0.373. The molecule has 1 aromatic rings. The Labute approximate surface area is 113 Å². The monoisotopic (exact) mass is 247 g/mol. The van der Waals surface area contributed by atoms with Crippen LogP contribution < -0.4 is 5.73 Å². The molecule has 1 atom stereocenters. The number of benzene rings is 1. The lowest BCUT2D eigenvalue weighted by Crippen LogP contribution is -2.35. The van der Waals surface area contributed by atoms with Crippen LogP contribution in [0.1, 0.15) is 70.8 Å². The second-order valence-electron chi connectivity index (χ2n) is 5.39. The summed E-state index contributed by atoms with van der Waals surface area (Å²) in [5.74, 6) is 0. The van der Waals surface area contributed by atoms with Crippen molar-refractivity contribution < 1.29 is 0 Å². The van der Waals surface area contributed by atoms with Crippen molar-refractivity contribution in [2.24, 2.45) is 5.73 Å². The van der Waals surface area contributed by atoms with E-state index in [4.69, 9.17) is 5.73 Å². The van der Waals surface area contributed by atoms with Gasteiger partial charge in [-0.05, 0) is 18.4 Å². The Hall–Kier alpha value is -0.820. The molecule has 1 nitrogen and oxygen atoms in total. The Kier molecular flexibility index (Phi) is 7.04. The summed E-state index contributed by atoms with van der Waals surface area (Å²) in [6.07, 6.45) is 10.1. The van der Waals surface area contributed by atoms with E-state index >= 15 is 0 Å². The molecule has 0 aliphatic carbocycles. The number of rotatable bonds is 9. The second-order valence-corrected chi connectivity index (χ2v) is 5.39. The normalized spacial score (nSPS) is 14.4. The fourth-order valence-electron chi connectivity index (χ4n) is 2.52. The van der Waals surface area contributed by atoms with Gasteiger partial charge in [0.05, 0.1) is 0 Å². The van der Waals surface area contributed by atoms with Gasteiger partial charge in [-0.3, -0.25) is 0 Å². The highest BCUT2D eigenvalue weighted by molar-refractivity contribution is 5.23. The van der Waals surface area contributed by atoms with Gasteiger partial charge in [0.25, 0.3) is 0 Å². The van der Waals surface area contributed by atoms with Crippen LogP contribution in [-0.2, 0) is 5.54 Å². The van der Waals surface area contributed by atoms with Crippen molar-refractivity contribution in [3.63, 3.8) is 0 Å². The SMILES string of the molecule is CCCCCCCCC(N)(CC)c1ccccc1. The molecule has 1 rings (SSSR count). The van der Waals surface area contributed by atoms with Crippen molar-refractivity contribution in [1.29, 1.82) is 0 Å². The second kappa shape index (κ2) is 8.31. The van der Waals surface area contributed by atoms with Crippen molar-refractivity contribution in [2.45, 2.75) is 70.8 Å². The standard InChI is InChI=1S/C17H29N/c1-3-5-6-7-8-12-15-17(18,4-2)16-13-10-9-11-14-16/h9-11,13-14H,3-8,12,15,18H2,1-2H3. The van der Waals surface area contributed by atoms with Crippen molar-refractivity contribution in [3.05, 3.63) is 35.9 Å². The molecule has 2 N–H and O–H groups in total. The number of unbranched alkanes of at least 4 members (excludes halogenated alkanes) is 5. The van der Waals surface area contributed by atoms with Gasteiger partial charge in [0.2, 0.25) is 0 Å². The molecule has 0 heterocycles. The quantitative estimate of drug-likeness (QED) is 0.610. The highest BCUT2D eigenvalue weighted by Gasteiger charge is 2.23. The fourth-order valence-corrected chi connectivity index (χ4v) is 2.52. The smallest absolute Gasteiger partial charge is 0.0407 e. The first kappa shape index (κ1) is 15.2. The van der Waals surface area contributed by atoms with Gasteiger partial charge in [-0.25, -0.2) is 0 Å². The zero-order valence-electron chi connectivity index (χ0n) is 12.1. The third-order valence-electron chi connectivity index (χ3n) is 3.96. The van der Waals surface area contributed by atoms with E-state index in [0.29, 0.717) is 0 Å². The third kappa shape index (κ3) is 4.81. The molecule has 0 saturated heterocycles. The van der Waals surface area contributed by atoms with Gasteiger partial charge >= 0.3 is 0 Å². The fraction of sp³-hybridized carbons (Fsp3) is 0.647. The van der Waals surface area contributed by atoms with E-state index in [2.05, 4.69) is 44.2 Å². The Morgan fingerprint density at radius 3 is 2.11 bits per heavy atom. The largest absolute Gasteiger partial charge is 0.321 e. The molecular formula is C17H29N. The summed E-state index contributed by atoms with van der Waals surface area (Å²) in [6.45, 7) is 4.46. The van der Waals surface area contributed by atoms with Crippen molar-refractivity contribution in [3.8, 4) is 0 Å². The van der Waals surface area contributed by atoms with Gasteiger partial charge in [-0.15, -0.1) is 0 Å². The summed E-state index contributed by atoms with van der Waals surface area (Å²) in [5.41, 5.74) is 7.73. The van der Waals surface area contributed by atoms with Gasteiger partial charge in [0.1, 0.15) is 0 Å². The first-order valence-electron chi connectivity index (χ1n) is 7.57. The van der Waals surface area contributed by atoms with Crippen LogP contribution in [0.15, 0.2) is 30.3 Å². The van der Waals surface area contributed by atoms with E-state index in [1.165, 1.54) is 44.1 Å². The molecule has 18 heavy (non-hydrogen) atoms. The minimum atomic E-state index is -0.119. The molecule has 0 amide bonds. The first-order chi connectivity index (χ1) is 8.73. The average molecular weight is 247 g/mol. The molecule has 0 aliphatic heterocycles. The maximum atomic E-state index is 6.56. The summed E-state index contributed by atoms with van der Waals surface area (Å²) >= 11 is 0. The van der Waals surface area contributed by atoms with Gasteiger partial charge in [-0.2, -0.15) is 0 Å². The van der Waals surface area contributed by atoms with Crippen LogP contribution >= 0.6 is 0 Å². The van der Waals surface area contributed by atoms with Crippen LogP contribution in [0.4, 0.5) is 0 Å². The summed E-state index contributed by atoms with van der Waals surface area (Å²) in [4.78, 5) is 0. The predicted octanol–water partition coefficient (Wildman–Crippen LogP) is 5.00. The van der Waals surface area contributed by atoms with E-state index in [1.54, 1.807) is 0 Å². The minimum absolute atomic E-state index is 0.119. The van der Waals surface area contributed by atoms with Crippen molar-refractivity contribution in [1.82, 2.24) is 0 Å². The van der Waals surface area contributed by atoms with E-state index in [0.717, 1.165) is 12.8 Å². The molecular weight excluding hydrogens is 218 g/mol. The highest BCUT2D eigenvalue weighted by atomic mass is 14.7. The Morgan fingerprint density at radius 2 is 1.50 bits per heavy atom. The Balaban J connectivity index is 2.37. The van der Waals surface area contributed by atoms with E-state index in [9.17, 15) is 0 Å². The molecule has 0 bridgehead atoms. The molecule has 1 unspecified atom stereocenters. The summed E-state index contributed by atoms with van der Waals surface area (Å²) in [7, 11) is 0. The van der Waals surface area contributed by atoms with Crippen LogP contribution in [0.5, 0.6) is 0 Å². The maximum Gasteiger partial charge on any atom is 0.0407 e. The van der Waals surface area contributed by atoms with Crippen LogP contribution in [0.25, 0.3) is 0 Å². The lowest BCUT2D eigenvalue weighted by Gasteiger charge is -2.29. The lowest BCUT2D eigenvalue weighted by atomic mass is 9.83. The minimum Gasteiger partial charge on any atom is -0.321 e. The van der Waals surface area contributed by atoms with E-state index < -0.39 is 0 Å². The van der Waals surface area contributed by atoms with Crippen LogP contribution in [-0.4, -0.2) is 0 Å². The number of nitrogens with two attached hydrogens (primary N) is 1. The summed E-state index contributed by atoms with van der Waals surface area (Å²) < 4.78 is 0.